The van der Waals surface area contributed by atoms with Gasteiger partial charge in [0.2, 0.25) is 0 Å². The molecule has 4 nitrogen and oxygen atoms in total. The summed E-state index contributed by atoms with van der Waals surface area (Å²) in [4.78, 5) is 32.1. The highest BCUT2D eigenvalue weighted by atomic mass is 32.1. The molecule has 0 aliphatic heterocycles. The molecule has 3 aromatic heterocycles. The SMILES string of the molecule is O=C1C(=Cc2cc3sc(-c4ccccc4)nc3n2-c2cc3ccccc3s2)C(=O)c2cc3ccccc3cc21. The van der Waals surface area contributed by atoms with E-state index < -0.39 is 0 Å². The van der Waals surface area contributed by atoms with Gasteiger partial charge in [-0.05, 0) is 52.6 Å². The molecule has 0 amide bonds. The average Bonchev–Trinajstić information content (AvgIpc) is 3.71. The number of aromatic nitrogens is 2. The van der Waals surface area contributed by atoms with E-state index in [1.165, 1.54) is 4.70 Å². The van der Waals surface area contributed by atoms with Gasteiger partial charge in [-0.3, -0.25) is 14.2 Å². The molecule has 7 aromatic rings. The zero-order valence-electron chi connectivity index (χ0n) is 20.4. The van der Waals surface area contributed by atoms with Crippen LogP contribution in [0.1, 0.15) is 26.4 Å². The van der Waals surface area contributed by atoms with Gasteiger partial charge in [0.1, 0.15) is 10.0 Å². The van der Waals surface area contributed by atoms with Crippen LogP contribution >= 0.6 is 22.7 Å². The van der Waals surface area contributed by atoms with E-state index >= 15 is 0 Å². The summed E-state index contributed by atoms with van der Waals surface area (Å²) in [7, 11) is 0. The molecule has 0 unspecified atom stereocenters. The molecule has 1 aliphatic rings. The van der Waals surface area contributed by atoms with Gasteiger partial charge in [0.15, 0.2) is 17.2 Å². The Hall–Kier alpha value is -4.65. The number of hydrogen-bond donors (Lipinski definition) is 0. The molecule has 0 spiro atoms. The third kappa shape index (κ3) is 3.46. The number of fused-ring (bicyclic) bond motifs is 4. The van der Waals surface area contributed by atoms with Crippen molar-refractivity contribution in [1.82, 2.24) is 9.55 Å². The van der Waals surface area contributed by atoms with E-state index in [2.05, 4.69) is 34.9 Å². The van der Waals surface area contributed by atoms with Crippen LogP contribution in [0.4, 0.5) is 0 Å². The maximum Gasteiger partial charge on any atom is 0.197 e. The van der Waals surface area contributed by atoms with Crippen molar-refractivity contribution in [2.24, 2.45) is 0 Å². The van der Waals surface area contributed by atoms with Crippen molar-refractivity contribution < 1.29 is 9.59 Å². The molecule has 6 heteroatoms. The molecule has 0 atom stereocenters. The summed E-state index contributed by atoms with van der Waals surface area (Å²) in [5, 5.41) is 4.96. The van der Waals surface area contributed by atoms with Crippen LogP contribution in [0, 0.1) is 0 Å². The lowest BCUT2D eigenvalue weighted by Gasteiger charge is -2.05. The number of benzene rings is 4. The molecule has 0 N–H and O–H groups in total. The highest BCUT2D eigenvalue weighted by Crippen LogP contribution is 2.39. The van der Waals surface area contributed by atoms with Crippen molar-refractivity contribution >= 4 is 71.5 Å². The lowest BCUT2D eigenvalue weighted by Crippen LogP contribution is -2.02. The Morgan fingerprint density at radius 2 is 1.28 bits per heavy atom. The van der Waals surface area contributed by atoms with Gasteiger partial charge in [-0.1, -0.05) is 72.8 Å². The van der Waals surface area contributed by atoms with Crippen molar-refractivity contribution in [2.75, 3.05) is 0 Å². The predicted molar refractivity (Wildman–Crippen MR) is 160 cm³/mol. The fraction of sp³-hybridized carbons (Fsp3) is 0. The Bertz CT molecular complexity index is 2070. The molecule has 3 heterocycles. The van der Waals surface area contributed by atoms with Gasteiger partial charge in [0.25, 0.3) is 0 Å². The van der Waals surface area contributed by atoms with Crippen LogP contribution < -0.4 is 0 Å². The van der Waals surface area contributed by atoms with E-state index in [1.807, 2.05) is 72.8 Å². The molecule has 0 bridgehead atoms. The van der Waals surface area contributed by atoms with E-state index in [0.717, 1.165) is 47.8 Å². The Labute approximate surface area is 231 Å². The number of allylic oxidation sites excluding steroid dienone is 1. The number of Topliss-reactive ketones (excluding diaryl/α,β-unsaturated/α-hetero) is 2. The number of hydrogen-bond acceptors (Lipinski definition) is 5. The summed E-state index contributed by atoms with van der Waals surface area (Å²) in [5.41, 5.74) is 3.77. The van der Waals surface area contributed by atoms with Crippen molar-refractivity contribution in [3.63, 3.8) is 0 Å². The molecule has 1 aliphatic carbocycles. The lowest BCUT2D eigenvalue weighted by molar-refractivity contribution is 0.0990. The Balaban J connectivity index is 1.33. The maximum absolute atomic E-state index is 13.5. The van der Waals surface area contributed by atoms with Gasteiger partial charge in [-0.15, -0.1) is 22.7 Å². The Kier molecular flexibility index (Phi) is 4.83. The molecule has 4 aromatic carbocycles. The van der Waals surface area contributed by atoms with Crippen molar-refractivity contribution in [2.45, 2.75) is 0 Å². The first-order valence-electron chi connectivity index (χ1n) is 12.5. The first-order chi connectivity index (χ1) is 19.1. The zero-order chi connectivity index (χ0) is 26.1. The van der Waals surface area contributed by atoms with E-state index in [0.29, 0.717) is 11.1 Å². The number of carbonyl (C=O) groups is 2. The minimum absolute atomic E-state index is 0.191. The molecule has 184 valence electrons. The number of rotatable bonds is 3. The van der Waals surface area contributed by atoms with Crippen molar-refractivity contribution in [1.29, 1.82) is 0 Å². The van der Waals surface area contributed by atoms with E-state index in [1.54, 1.807) is 28.7 Å². The van der Waals surface area contributed by atoms with Gasteiger partial charge < -0.3 is 0 Å². The molecule has 0 fully saturated rings. The number of ketones is 2. The third-order valence-corrected chi connectivity index (χ3v) is 9.34. The topological polar surface area (TPSA) is 52.0 Å². The quantitative estimate of drug-likeness (QED) is 0.167. The van der Waals surface area contributed by atoms with Crippen LogP contribution in [0.2, 0.25) is 0 Å². The monoisotopic (exact) mass is 538 g/mol. The molecular weight excluding hydrogens is 521 g/mol. The number of thiazole rings is 1. The third-order valence-electron chi connectivity index (χ3n) is 7.19. The van der Waals surface area contributed by atoms with Gasteiger partial charge in [-0.2, -0.15) is 0 Å². The lowest BCUT2D eigenvalue weighted by atomic mass is 10.0. The second kappa shape index (κ2) is 8.43. The van der Waals surface area contributed by atoms with Crippen LogP contribution in [0.15, 0.2) is 109 Å². The summed E-state index contributed by atoms with van der Waals surface area (Å²) < 4.78 is 4.24. The predicted octanol–water partition coefficient (Wildman–Crippen LogP) is 8.58. The zero-order valence-corrected chi connectivity index (χ0v) is 22.1. The number of nitrogens with zero attached hydrogens (tertiary/aromatic N) is 2. The highest BCUT2D eigenvalue weighted by molar-refractivity contribution is 7.22. The standard InChI is InChI=1S/C33H18N2O2S2/c36-30-24-14-20-10-4-5-11-21(20)15-25(24)31(37)26(30)17-23-18-28-32(34-33(39-28)19-8-2-1-3-9-19)35(23)29-16-22-12-6-7-13-27(22)38-29/h1-18H. The summed E-state index contributed by atoms with van der Waals surface area (Å²) in [6, 6.07) is 34.0. The van der Waals surface area contributed by atoms with Crippen LogP contribution in [-0.4, -0.2) is 21.1 Å². The molecular formula is C33H18N2O2S2. The molecule has 0 saturated heterocycles. The fourth-order valence-corrected chi connectivity index (χ4v) is 7.40. The minimum Gasteiger partial charge on any atom is -0.288 e. The largest absolute Gasteiger partial charge is 0.288 e. The second-order valence-electron chi connectivity index (χ2n) is 9.56. The van der Waals surface area contributed by atoms with Crippen LogP contribution in [0.5, 0.6) is 0 Å². The summed E-state index contributed by atoms with van der Waals surface area (Å²) in [6.45, 7) is 0. The number of carbonyl (C=O) groups excluding carboxylic acids is 2. The van der Waals surface area contributed by atoms with Gasteiger partial charge >= 0.3 is 0 Å². The first-order valence-corrected chi connectivity index (χ1v) is 14.2. The molecule has 0 radical (unpaired) electrons. The van der Waals surface area contributed by atoms with E-state index in [-0.39, 0.29) is 17.1 Å². The van der Waals surface area contributed by atoms with Gasteiger partial charge in [-0.25, -0.2) is 4.98 Å². The van der Waals surface area contributed by atoms with Gasteiger partial charge in [0.05, 0.1) is 16.0 Å². The summed E-state index contributed by atoms with van der Waals surface area (Å²) in [6.07, 6.45) is 1.75. The highest BCUT2D eigenvalue weighted by Gasteiger charge is 2.34. The normalized spacial score (nSPS) is 13.2. The van der Waals surface area contributed by atoms with E-state index in [9.17, 15) is 9.59 Å². The van der Waals surface area contributed by atoms with Crippen molar-refractivity contribution in [3.8, 4) is 15.6 Å². The fourth-order valence-electron chi connectivity index (χ4n) is 5.31. The maximum atomic E-state index is 13.5. The smallest absolute Gasteiger partial charge is 0.197 e. The molecule has 8 rings (SSSR count). The van der Waals surface area contributed by atoms with Gasteiger partial charge in [0, 0.05) is 21.4 Å². The minimum atomic E-state index is -0.230. The average molecular weight is 539 g/mol. The number of thiophene rings is 1. The van der Waals surface area contributed by atoms with Crippen LogP contribution in [-0.2, 0) is 0 Å². The molecule has 39 heavy (non-hydrogen) atoms. The first kappa shape index (κ1) is 22.3. The van der Waals surface area contributed by atoms with Crippen LogP contribution in [0.3, 0.4) is 0 Å². The summed E-state index contributed by atoms with van der Waals surface area (Å²) >= 11 is 3.27. The second-order valence-corrected chi connectivity index (χ2v) is 11.7. The van der Waals surface area contributed by atoms with Crippen molar-refractivity contribution in [3.05, 3.63) is 126 Å². The Morgan fingerprint density at radius 3 is 1.97 bits per heavy atom. The van der Waals surface area contributed by atoms with Crippen LogP contribution in [0.25, 0.3) is 52.9 Å². The Morgan fingerprint density at radius 1 is 0.641 bits per heavy atom. The molecule has 0 saturated carbocycles. The van der Waals surface area contributed by atoms with E-state index in [4.69, 9.17) is 4.98 Å². The summed E-state index contributed by atoms with van der Waals surface area (Å²) in [5.74, 6) is -0.461.